The predicted octanol–water partition coefficient (Wildman–Crippen LogP) is 11.3. The summed E-state index contributed by atoms with van der Waals surface area (Å²) in [5.41, 5.74) is 0. The second-order valence-corrected chi connectivity index (χ2v) is 12.2. The van der Waals surface area contributed by atoms with E-state index < -0.39 is 11.9 Å². The molecular weight excluding hydrogens is 540 g/mol. The second kappa shape index (κ2) is 30.4. The van der Waals surface area contributed by atoms with Crippen molar-refractivity contribution >= 4 is 0 Å². The van der Waals surface area contributed by atoms with Crippen LogP contribution < -0.4 is 0 Å². The SMILES string of the molecule is CCOC(CCCCCCCCCCCCC(C)CCCCCCCCCC(OCC)(OCC)OCC)(OCC)OCC. The minimum Gasteiger partial charge on any atom is -0.328 e. The van der Waals surface area contributed by atoms with Gasteiger partial charge in [-0.05, 0) is 60.3 Å². The molecule has 0 bridgehead atoms. The largest absolute Gasteiger partial charge is 0.328 e. The molecule has 0 aromatic rings. The highest BCUT2D eigenvalue weighted by Gasteiger charge is 2.32. The zero-order valence-corrected chi connectivity index (χ0v) is 30.1. The van der Waals surface area contributed by atoms with E-state index in [0.717, 1.165) is 31.6 Å². The number of rotatable bonds is 35. The van der Waals surface area contributed by atoms with Crippen LogP contribution in [0, 0.1) is 5.92 Å². The zero-order chi connectivity index (χ0) is 31.9. The average Bonchev–Trinajstić information content (AvgIpc) is 2.97. The summed E-state index contributed by atoms with van der Waals surface area (Å²) in [6.07, 6.45) is 26.9. The van der Waals surface area contributed by atoms with Gasteiger partial charge in [0.25, 0.3) is 11.9 Å². The lowest BCUT2D eigenvalue weighted by Crippen LogP contribution is -2.39. The van der Waals surface area contributed by atoms with Crippen molar-refractivity contribution in [2.75, 3.05) is 39.6 Å². The molecule has 0 radical (unpaired) electrons. The van der Waals surface area contributed by atoms with Gasteiger partial charge in [0.05, 0.1) is 0 Å². The van der Waals surface area contributed by atoms with Crippen LogP contribution in [0.25, 0.3) is 0 Å². The highest BCUT2D eigenvalue weighted by molar-refractivity contribution is 4.61. The molecule has 0 aliphatic carbocycles. The Kier molecular flexibility index (Phi) is 30.2. The molecule has 1 atom stereocenters. The maximum atomic E-state index is 5.84. The monoisotopic (exact) mass is 617 g/mol. The van der Waals surface area contributed by atoms with Crippen LogP contribution in [-0.2, 0) is 28.4 Å². The lowest BCUT2D eigenvalue weighted by Gasteiger charge is -2.32. The zero-order valence-electron chi connectivity index (χ0n) is 30.1. The summed E-state index contributed by atoms with van der Waals surface area (Å²) >= 11 is 0. The van der Waals surface area contributed by atoms with Crippen LogP contribution in [0.3, 0.4) is 0 Å². The molecule has 0 saturated carbocycles. The van der Waals surface area contributed by atoms with Gasteiger partial charge in [-0.2, -0.15) is 0 Å². The molecule has 0 aliphatic rings. The molecule has 0 spiro atoms. The van der Waals surface area contributed by atoms with Crippen LogP contribution >= 0.6 is 0 Å². The molecule has 0 aromatic heterocycles. The third kappa shape index (κ3) is 23.7. The van der Waals surface area contributed by atoms with Crippen LogP contribution in [0.1, 0.15) is 183 Å². The summed E-state index contributed by atoms with van der Waals surface area (Å²) in [5, 5.41) is 0. The Labute approximate surface area is 269 Å². The molecule has 0 N–H and O–H groups in total. The van der Waals surface area contributed by atoms with E-state index in [2.05, 4.69) is 6.92 Å². The Hall–Kier alpha value is -0.240. The number of hydrogen-bond acceptors (Lipinski definition) is 6. The van der Waals surface area contributed by atoms with E-state index in [1.165, 1.54) is 109 Å². The quantitative estimate of drug-likeness (QED) is 0.0521. The first-order valence-electron chi connectivity index (χ1n) is 18.8. The van der Waals surface area contributed by atoms with Gasteiger partial charge in [-0.25, -0.2) is 0 Å². The van der Waals surface area contributed by atoms with E-state index >= 15 is 0 Å². The van der Waals surface area contributed by atoms with Crippen molar-refractivity contribution in [2.45, 2.75) is 195 Å². The fourth-order valence-electron chi connectivity index (χ4n) is 6.11. The van der Waals surface area contributed by atoms with E-state index in [0.29, 0.717) is 39.6 Å². The van der Waals surface area contributed by atoms with Crippen LogP contribution in [-0.4, -0.2) is 51.6 Å². The van der Waals surface area contributed by atoms with E-state index in [1.807, 2.05) is 41.5 Å². The van der Waals surface area contributed by atoms with Crippen molar-refractivity contribution in [1.82, 2.24) is 0 Å². The Morgan fingerprint density at radius 1 is 0.326 bits per heavy atom. The second-order valence-electron chi connectivity index (χ2n) is 12.2. The molecule has 0 amide bonds. The van der Waals surface area contributed by atoms with Crippen molar-refractivity contribution in [2.24, 2.45) is 5.92 Å². The normalized spacial score (nSPS) is 13.2. The third-order valence-corrected chi connectivity index (χ3v) is 8.30. The van der Waals surface area contributed by atoms with Crippen LogP contribution in [0.4, 0.5) is 0 Å². The highest BCUT2D eigenvalue weighted by atomic mass is 16.9. The first-order chi connectivity index (χ1) is 21.0. The van der Waals surface area contributed by atoms with Crippen LogP contribution in [0.2, 0.25) is 0 Å². The van der Waals surface area contributed by atoms with E-state index in [-0.39, 0.29) is 0 Å². The Morgan fingerprint density at radius 3 is 0.767 bits per heavy atom. The summed E-state index contributed by atoms with van der Waals surface area (Å²) in [6, 6.07) is 0. The summed E-state index contributed by atoms with van der Waals surface area (Å²) < 4.78 is 35.0. The van der Waals surface area contributed by atoms with Crippen molar-refractivity contribution < 1.29 is 28.4 Å². The summed E-state index contributed by atoms with van der Waals surface area (Å²) in [7, 11) is 0. The van der Waals surface area contributed by atoms with Gasteiger partial charge in [0, 0.05) is 52.5 Å². The molecule has 6 heteroatoms. The molecule has 0 saturated heterocycles. The Balaban J connectivity index is 3.62. The van der Waals surface area contributed by atoms with Crippen molar-refractivity contribution in [1.29, 1.82) is 0 Å². The lowest BCUT2D eigenvalue weighted by atomic mass is 9.95. The summed E-state index contributed by atoms with van der Waals surface area (Å²) in [5.74, 6) is -0.775. The van der Waals surface area contributed by atoms with Crippen molar-refractivity contribution in [3.63, 3.8) is 0 Å². The standard InChI is InChI=1S/C37H76O6/c1-8-38-36(39-9-2,40-10-3)33-29-25-21-17-15-14-16-19-23-27-31-35(7)32-28-24-20-18-22-26-30-34-37(41-11-4,42-12-5)43-13-6/h35H,8-34H2,1-7H3. The number of hydrogen-bond donors (Lipinski definition) is 0. The van der Waals surface area contributed by atoms with E-state index in [9.17, 15) is 0 Å². The van der Waals surface area contributed by atoms with Crippen LogP contribution in [0.15, 0.2) is 0 Å². The fourth-order valence-corrected chi connectivity index (χ4v) is 6.11. The third-order valence-electron chi connectivity index (χ3n) is 8.30. The minimum atomic E-state index is -0.831. The summed E-state index contributed by atoms with van der Waals surface area (Å²) in [6.45, 7) is 18.2. The maximum absolute atomic E-state index is 5.84. The topological polar surface area (TPSA) is 55.4 Å². The van der Waals surface area contributed by atoms with Gasteiger partial charge in [0.1, 0.15) is 0 Å². The lowest BCUT2D eigenvalue weighted by molar-refractivity contribution is -0.380. The first-order valence-corrected chi connectivity index (χ1v) is 18.8. The van der Waals surface area contributed by atoms with E-state index in [1.54, 1.807) is 0 Å². The molecule has 0 rings (SSSR count). The summed E-state index contributed by atoms with van der Waals surface area (Å²) in [4.78, 5) is 0. The maximum Gasteiger partial charge on any atom is 0.282 e. The minimum absolute atomic E-state index is 0.614. The molecule has 6 nitrogen and oxygen atoms in total. The molecule has 0 fully saturated rings. The number of unbranched alkanes of at least 4 members (excludes halogenated alkanes) is 15. The van der Waals surface area contributed by atoms with Gasteiger partial charge in [-0.15, -0.1) is 0 Å². The van der Waals surface area contributed by atoms with Gasteiger partial charge in [-0.1, -0.05) is 116 Å². The van der Waals surface area contributed by atoms with Gasteiger partial charge >= 0.3 is 0 Å². The molecule has 1 unspecified atom stereocenters. The highest BCUT2D eigenvalue weighted by Crippen LogP contribution is 2.26. The van der Waals surface area contributed by atoms with Gasteiger partial charge in [0.15, 0.2) is 0 Å². The number of ether oxygens (including phenoxy) is 6. The molecule has 0 heterocycles. The molecule has 0 aliphatic heterocycles. The van der Waals surface area contributed by atoms with Crippen LogP contribution in [0.5, 0.6) is 0 Å². The first kappa shape index (κ1) is 42.8. The average molecular weight is 617 g/mol. The van der Waals surface area contributed by atoms with Gasteiger partial charge in [0.2, 0.25) is 0 Å². The van der Waals surface area contributed by atoms with E-state index in [4.69, 9.17) is 28.4 Å². The Bertz CT molecular complexity index is 523. The van der Waals surface area contributed by atoms with Gasteiger partial charge < -0.3 is 28.4 Å². The van der Waals surface area contributed by atoms with Crippen molar-refractivity contribution in [3.8, 4) is 0 Å². The fraction of sp³-hybridized carbons (Fsp3) is 1.00. The molecular formula is C37H76O6. The molecule has 43 heavy (non-hydrogen) atoms. The molecule has 0 aromatic carbocycles. The predicted molar refractivity (Wildman–Crippen MR) is 181 cm³/mol. The van der Waals surface area contributed by atoms with Crippen molar-refractivity contribution in [3.05, 3.63) is 0 Å². The Morgan fingerprint density at radius 2 is 0.535 bits per heavy atom. The smallest absolute Gasteiger partial charge is 0.282 e. The molecule has 260 valence electrons. The van der Waals surface area contributed by atoms with Gasteiger partial charge in [-0.3, -0.25) is 0 Å².